The minimum absolute atomic E-state index is 0.0833. The number of hydrogen-bond donors (Lipinski definition) is 0. The number of fused-ring (bicyclic) bond motifs is 1. The van der Waals surface area contributed by atoms with Crippen molar-refractivity contribution in [2.24, 2.45) is 0 Å². The van der Waals surface area contributed by atoms with E-state index in [0.29, 0.717) is 12.2 Å². The van der Waals surface area contributed by atoms with Gasteiger partial charge in [0.1, 0.15) is 5.75 Å². The van der Waals surface area contributed by atoms with Crippen LogP contribution in [0.2, 0.25) is 0 Å². The molecule has 98 valence electrons. The van der Waals surface area contributed by atoms with Gasteiger partial charge in [-0.05, 0) is 49.9 Å². The summed E-state index contributed by atoms with van der Waals surface area (Å²) < 4.78 is 5.72. The number of ketones is 1. The lowest BCUT2D eigenvalue weighted by atomic mass is 9.99. The maximum absolute atomic E-state index is 12.6. The Morgan fingerprint density at radius 3 is 2.89 bits per heavy atom. The SMILES string of the molecule is Cc1cc(C(=O)c2cccc3c2OCCC3)sc1C. The molecule has 0 unspecified atom stereocenters. The lowest BCUT2D eigenvalue weighted by Crippen LogP contribution is -2.12. The van der Waals surface area contributed by atoms with Gasteiger partial charge in [-0.15, -0.1) is 11.3 Å². The highest BCUT2D eigenvalue weighted by Crippen LogP contribution is 2.32. The second-order valence-corrected chi connectivity index (χ2v) is 6.18. The molecule has 2 heterocycles. The van der Waals surface area contributed by atoms with E-state index in [1.54, 1.807) is 11.3 Å². The van der Waals surface area contributed by atoms with Gasteiger partial charge < -0.3 is 4.74 Å². The molecule has 1 aliphatic rings. The number of benzene rings is 1. The van der Waals surface area contributed by atoms with E-state index in [1.165, 1.54) is 10.4 Å². The van der Waals surface area contributed by atoms with Crippen molar-refractivity contribution in [3.05, 3.63) is 50.7 Å². The summed E-state index contributed by atoms with van der Waals surface area (Å²) in [5, 5.41) is 0. The summed E-state index contributed by atoms with van der Waals surface area (Å²) >= 11 is 1.56. The van der Waals surface area contributed by atoms with E-state index in [1.807, 2.05) is 32.0 Å². The molecule has 1 aromatic carbocycles. The molecule has 0 spiro atoms. The fraction of sp³-hybridized carbons (Fsp3) is 0.312. The molecule has 0 bridgehead atoms. The molecule has 0 atom stereocenters. The number of para-hydroxylation sites is 1. The monoisotopic (exact) mass is 272 g/mol. The molecule has 0 aliphatic carbocycles. The van der Waals surface area contributed by atoms with Crippen LogP contribution in [0.3, 0.4) is 0 Å². The molecule has 0 saturated heterocycles. The third-order valence-corrected chi connectivity index (χ3v) is 4.72. The maximum atomic E-state index is 12.6. The van der Waals surface area contributed by atoms with E-state index < -0.39 is 0 Å². The molecule has 0 saturated carbocycles. The Bertz CT molecular complexity index is 621. The maximum Gasteiger partial charge on any atom is 0.206 e. The molecule has 0 fully saturated rings. The van der Waals surface area contributed by atoms with E-state index in [-0.39, 0.29) is 5.78 Å². The molecule has 3 heteroatoms. The number of aryl methyl sites for hydroxylation is 3. The summed E-state index contributed by atoms with van der Waals surface area (Å²) in [6.07, 6.45) is 2.03. The van der Waals surface area contributed by atoms with Crippen molar-refractivity contribution in [1.82, 2.24) is 0 Å². The number of carbonyl (C=O) groups is 1. The van der Waals surface area contributed by atoms with Crippen molar-refractivity contribution in [1.29, 1.82) is 0 Å². The molecule has 2 aromatic rings. The Labute approximate surface area is 117 Å². The van der Waals surface area contributed by atoms with Gasteiger partial charge in [-0.1, -0.05) is 12.1 Å². The molecule has 2 nitrogen and oxygen atoms in total. The van der Waals surface area contributed by atoms with Gasteiger partial charge in [0.2, 0.25) is 5.78 Å². The first-order chi connectivity index (χ1) is 9.16. The van der Waals surface area contributed by atoms with Crippen LogP contribution in [-0.2, 0) is 6.42 Å². The average molecular weight is 272 g/mol. The molecule has 0 radical (unpaired) electrons. The van der Waals surface area contributed by atoms with E-state index in [4.69, 9.17) is 4.74 Å². The van der Waals surface area contributed by atoms with Gasteiger partial charge in [0.05, 0.1) is 17.0 Å². The van der Waals surface area contributed by atoms with Crippen molar-refractivity contribution < 1.29 is 9.53 Å². The minimum atomic E-state index is 0.0833. The number of carbonyl (C=O) groups excluding carboxylic acids is 1. The first-order valence-electron chi connectivity index (χ1n) is 6.53. The lowest BCUT2D eigenvalue weighted by Gasteiger charge is -2.19. The van der Waals surface area contributed by atoms with Crippen LogP contribution in [-0.4, -0.2) is 12.4 Å². The van der Waals surface area contributed by atoms with Crippen LogP contribution >= 0.6 is 11.3 Å². The standard InChI is InChI=1S/C16H16O2S/c1-10-9-14(19-11(10)2)15(17)13-7-3-5-12-6-4-8-18-16(12)13/h3,5,7,9H,4,6,8H2,1-2H3. The number of hydrogen-bond acceptors (Lipinski definition) is 3. The van der Waals surface area contributed by atoms with Crippen molar-refractivity contribution >= 4 is 17.1 Å². The van der Waals surface area contributed by atoms with Crippen molar-refractivity contribution in [3.8, 4) is 5.75 Å². The largest absolute Gasteiger partial charge is 0.493 e. The van der Waals surface area contributed by atoms with Gasteiger partial charge in [0.15, 0.2) is 0 Å². The molecular weight excluding hydrogens is 256 g/mol. The lowest BCUT2D eigenvalue weighted by molar-refractivity contribution is 0.103. The summed E-state index contributed by atoms with van der Waals surface area (Å²) in [7, 11) is 0. The Balaban J connectivity index is 2.04. The zero-order valence-corrected chi connectivity index (χ0v) is 12.0. The zero-order chi connectivity index (χ0) is 13.4. The molecule has 0 N–H and O–H groups in total. The summed E-state index contributed by atoms with van der Waals surface area (Å²) in [5.74, 6) is 0.877. The third-order valence-electron chi connectivity index (χ3n) is 3.57. The Morgan fingerprint density at radius 1 is 1.32 bits per heavy atom. The predicted molar refractivity (Wildman–Crippen MR) is 77.5 cm³/mol. The topological polar surface area (TPSA) is 26.3 Å². The first kappa shape index (κ1) is 12.4. The highest BCUT2D eigenvalue weighted by atomic mass is 32.1. The van der Waals surface area contributed by atoms with E-state index in [0.717, 1.165) is 29.0 Å². The molecule has 0 amide bonds. The summed E-state index contributed by atoms with van der Waals surface area (Å²) in [6.45, 7) is 4.80. The molecule has 3 rings (SSSR count). The summed E-state index contributed by atoms with van der Waals surface area (Å²) in [4.78, 5) is 14.6. The second-order valence-electron chi connectivity index (χ2n) is 4.92. The average Bonchev–Trinajstić information content (AvgIpc) is 2.77. The molecular formula is C16H16O2S. The highest BCUT2D eigenvalue weighted by molar-refractivity contribution is 7.14. The van der Waals surface area contributed by atoms with Crippen LogP contribution in [0.25, 0.3) is 0 Å². The molecule has 1 aromatic heterocycles. The normalized spacial score (nSPS) is 13.8. The number of thiophene rings is 1. The van der Waals surface area contributed by atoms with Crippen LogP contribution in [0.5, 0.6) is 5.75 Å². The van der Waals surface area contributed by atoms with E-state index in [9.17, 15) is 4.79 Å². The van der Waals surface area contributed by atoms with Crippen LogP contribution in [0.15, 0.2) is 24.3 Å². The Morgan fingerprint density at radius 2 is 2.16 bits per heavy atom. The number of ether oxygens (including phenoxy) is 1. The summed E-state index contributed by atoms with van der Waals surface area (Å²) in [5.41, 5.74) is 3.04. The minimum Gasteiger partial charge on any atom is -0.493 e. The second kappa shape index (κ2) is 4.82. The smallest absolute Gasteiger partial charge is 0.206 e. The molecule has 1 aliphatic heterocycles. The van der Waals surface area contributed by atoms with Gasteiger partial charge in [-0.25, -0.2) is 0 Å². The van der Waals surface area contributed by atoms with Gasteiger partial charge in [-0.2, -0.15) is 0 Å². The fourth-order valence-corrected chi connectivity index (χ4v) is 3.37. The van der Waals surface area contributed by atoms with Crippen molar-refractivity contribution in [3.63, 3.8) is 0 Å². The third kappa shape index (κ3) is 2.19. The van der Waals surface area contributed by atoms with Gasteiger partial charge >= 0.3 is 0 Å². The Kier molecular flexibility index (Phi) is 3.15. The van der Waals surface area contributed by atoms with Crippen LogP contribution in [0.1, 0.15) is 37.7 Å². The first-order valence-corrected chi connectivity index (χ1v) is 7.35. The van der Waals surface area contributed by atoms with Crippen molar-refractivity contribution in [2.75, 3.05) is 6.61 Å². The summed E-state index contributed by atoms with van der Waals surface area (Å²) in [6, 6.07) is 7.85. The highest BCUT2D eigenvalue weighted by Gasteiger charge is 2.21. The van der Waals surface area contributed by atoms with Gasteiger partial charge in [0.25, 0.3) is 0 Å². The molecule has 19 heavy (non-hydrogen) atoms. The number of rotatable bonds is 2. The van der Waals surface area contributed by atoms with Crippen LogP contribution in [0, 0.1) is 13.8 Å². The van der Waals surface area contributed by atoms with Crippen LogP contribution in [0.4, 0.5) is 0 Å². The van der Waals surface area contributed by atoms with E-state index in [2.05, 4.69) is 6.07 Å². The zero-order valence-electron chi connectivity index (χ0n) is 11.2. The Hall–Kier alpha value is -1.61. The van der Waals surface area contributed by atoms with E-state index >= 15 is 0 Å². The van der Waals surface area contributed by atoms with Crippen molar-refractivity contribution in [2.45, 2.75) is 26.7 Å². The van der Waals surface area contributed by atoms with Crippen LogP contribution < -0.4 is 4.74 Å². The van der Waals surface area contributed by atoms with Gasteiger partial charge in [0, 0.05) is 4.88 Å². The quantitative estimate of drug-likeness (QED) is 0.774. The predicted octanol–water partition coefficient (Wildman–Crippen LogP) is 3.92. The van der Waals surface area contributed by atoms with Gasteiger partial charge in [-0.3, -0.25) is 4.79 Å². The fourth-order valence-electron chi connectivity index (χ4n) is 2.39.